The van der Waals surface area contributed by atoms with Crippen molar-refractivity contribution < 1.29 is 9.90 Å². The maximum Gasteiger partial charge on any atom is 0.255 e. The second kappa shape index (κ2) is 7.30. The Morgan fingerprint density at radius 3 is 2.21 bits per heavy atom. The molecule has 3 rings (SSSR count). The molecule has 3 nitrogen and oxygen atoms in total. The molecule has 0 aliphatic rings. The van der Waals surface area contributed by atoms with Crippen LogP contribution in [0.25, 0.3) is 0 Å². The van der Waals surface area contributed by atoms with Crippen molar-refractivity contribution in [3.05, 3.63) is 101 Å². The van der Waals surface area contributed by atoms with Crippen molar-refractivity contribution in [1.82, 2.24) is 0 Å². The van der Waals surface area contributed by atoms with Crippen molar-refractivity contribution in [1.29, 1.82) is 0 Å². The number of nitrogens with one attached hydrogen (secondary N) is 1. The molecule has 1 amide bonds. The van der Waals surface area contributed by atoms with Gasteiger partial charge in [-0.25, -0.2) is 0 Å². The second-order valence-electron chi connectivity index (χ2n) is 5.36. The first kappa shape index (κ1) is 16.2. The molecule has 3 aromatic carbocycles. The predicted molar refractivity (Wildman–Crippen MR) is 96.4 cm³/mol. The van der Waals surface area contributed by atoms with Gasteiger partial charge in [0.1, 0.15) is 6.10 Å². The molecule has 0 saturated heterocycles. The number of amides is 1. The third-order valence-corrected chi connectivity index (χ3v) is 3.94. The van der Waals surface area contributed by atoms with E-state index in [1.807, 2.05) is 36.4 Å². The zero-order valence-corrected chi connectivity index (χ0v) is 13.6. The van der Waals surface area contributed by atoms with Gasteiger partial charge < -0.3 is 10.4 Å². The highest BCUT2D eigenvalue weighted by atomic mass is 35.5. The summed E-state index contributed by atoms with van der Waals surface area (Å²) >= 11 is 6.08. The van der Waals surface area contributed by atoms with Crippen LogP contribution < -0.4 is 5.32 Å². The summed E-state index contributed by atoms with van der Waals surface area (Å²) in [6, 6.07) is 23.2. The highest BCUT2D eigenvalue weighted by molar-refractivity contribution is 6.30. The van der Waals surface area contributed by atoms with Gasteiger partial charge in [-0.05, 0) is 35.9 Å². The van der Waals surface area contributed by atoms with Crippen molar-refractivity contribution in [2.75, 3.05) is 5.32 Å². The molecule has 0 aromatic heterocycles. The van der Waals surface area contributed by atoms with E-state index < -0.39 is 6.10 Å². The van der Waals surface area contributed by atoms with Gasteiger partial charge in [-0.1, -0.05) is 60.1 Å². The quantitative estimate of drug-likeness (QED) is 0.726. The lowest BCUT2D eigenvalue weighted by molar-refractivity contribution is 0.102. The van der Waals surface area contributed by atoms with Crippen molar-refractivity contribution in [3.8, 4) is 0 Å². The third-order valence-electron chi connectivity index (χ3n) is 3.71. The normalized spacial score (nSPS) is 11.8. The molecule has 0 bridgehead atoms. The van der Waals surface area contributed by atoms with Gasteiger partial charge in [0, 0.05) is 21.8 Å². The van der Waals surface area contributed by atoms with Crippen molar-refractivity contribution in [2.24, 2.45) is 0 Å². The van der Waals surface area contributed by atoms with Crippen molar-refractivity contribution in [2.45, 2.75) is 6.10 Å². The van der Waals surface area contributed by atoms with Crippen LogP contribution >= 0.6 is 11.6 Å². The molecular weight excluding hydrogens is 322 g/mol. The summed E-state index contributed by atoms with van der Waals surface area (Å²) in [6.07, 6.45) is -0.879. The van der Waals surface area contributed by atoms with Crippen LogP contribution in [-0.2, 0) is 0 Å². The minimum absolute atomic E-state index is 0.237. The summed E-state index contributed by atoms with van der Waals surface area (Å²) in [5.74, 6) is -0.237. The average molecular weight is 338 g/mol. The van der Waals surface area contributed by atoms with Gasteiger partial charge in [0.25, 0.3) is 5.91 Å². The Hall–Kier alpha value is -2.62. The van der Waals surface area contributed by atoms with Crippen LogP contribution in [0, 0.1) is 0 Å². The van der Waals surface area contributed by atoms with Crippen LogP contribution in [0.2, 0.25) is 5.02 Å². The molecule has 0 saturated carbocycles. The van der Waals surface area contributed by atoms with E-state index in [-0.39, 0.29) is 5.91 Å². The molecule has 0 unspecified atom stereocenters. The zero-order chi connectivity index (χ0) is 16.9. The standard InChI is InChI=1S/C20H16ClNO2/c21-16-11-12-18(22-20(24)15-9-5-2-6-10-15)17(13-16)19(23)14-7-3-1-4-8-14/h1-13,19,23H,(H,22,24)/t19-/m1/s1. The van der Waals surface area contributed by atoms with Crippen LogP contribution in [0.1, 0.15) is 27.6 Å². The second-order valence-corrected chi connectivity index (χ2v) is 5.80. The number of aliphatic hydroxyl groups is 1. The molecule has 0 aliphatic carbocycles. The van der Waals surface area contributed by atoms with E-state index in [0.29, 0.717) is 21.8 Å². The Balaban J connectivity index is 1.93. The maximum absolute atomic E-state index is 12.4. The fourth-order valence-electron chi connectivity index (χ4n) is 2.47. The smallest absolute Gasteiger partial charge is 0.255 e. The molecule has 0 aliphatic heterocycles. The number of carbonyl (C=O) groups is 1. The van der Waals surface area contributed by atoms with Gasteiger partial charge in [0.2, 0.25) is 0 Å². The van der Waals surface area contributed by atoms with E-state index in [1.165, 1.54) is 0 Å². The molecule has 0 fully saturated rings. The fraction of sp³-hybridized carbons (Fsp3) is 0.0500. The van der Waals surface area contributed by atoms with Gasteiger partial charge in [-0.3, -0.25) is 4.79 Å². The lowest BCUT2D eigenvalue weighted by Crippen LogP contribution is -2.14. The SMILES string of the molecule is O=C(Nc1ccc(Cl)cc1[C@H](O)c1ccccc1)c1ccccc1. The van der Waals surface area contributed by atoms with Crippen LogP contribution in [0.3, 0.4) is 0 Å². The number of hydrogen-bond acceptors (Lipinski definition) is 2. The Labute approximate surface area is 145 Å². The molecule has 1 atom stereocenters. The highest BCUT2D eigenvalue weighted by Crippen LogP contribution is 2.31. The molecule has 0 heterocycles. The number of carbonyl (C=O) groups excluding carboxylic acids is 1. The summed E-state index contributed by atoms with van der Waals surface area (Å²) in [7, 11) is 0. The lowest BCUT2D eigenvalue weighted by atomic mass is 9.99. The summed E-state index contributed by atoms with van der Waals surface area (Å²) in [4.78, 5) is 12.4. The predicted octanol–water partition coefficient (Wildman–Crippen LogP) is 4.67. The van der Waals surface area contributed by atoms with Gasteiger partial charge in [-0.15, -0.1) is 0 Å². The molecule has 4 heteroatoms. The Morgan fingerprint density at radius 1 is 0.917 bits per heavy atom. The zero-order valence-electron chi connectivity index (χ0n) is 12.8. The van der Waals surface area contributed by atoms with Gasteiger partial charge in [-0.2, -0.15) is 0 Å². The molecule has 0 radical (unpaired) electrons. The average Bonchev–Trinajstić information content (AvgIpc) is 2.64. The molecule has 0 spiro atoms. The molecule has 24 heavy (non-hydrogen) atoms. The largest absolute Gasteiger partial charge is 0.384 e. The van der Waals surface area contributed by atoms with E-state index in [0.717, 1.165) is 5.56 Å². The monoisotopic (exact) mass is 337 g/mol. The van der Waals surface area contributed by atoms with E-state index in [4.69, 9.17) is 11.6 Å². The Morgan fingerprint density at radius 2 is 1.54 bits per heavy atom. The van der Waals surface area contributed by atoms with Gasteiger partial charge >= 0.3 is 0 Å². The first-order valence-corrected chi connectivity index (χ1v) is 7.92. The number of aliphatic hydroxyl groups excluding tert-OH is 1. The van der Waals surface area contributed by atoms with Gasteiger partial charge in [0.05, 0.1) is 0 Å². The third kappa shape index (κ3) is 3.65. The van der Waals surface area contributed by atoms with E-state index in [9.17, 15) is 9.90 Å². The first-order valence-electron chi connectivity index (χ1n) is 7.54. The molecule has 120 valence electrons. The summed E-state index contributed by atoms with van der Waals surface area (Å²) in [5, 5.41) is 14.0. The number of rotatable bonds is 4. The maximum atomic E-state index is 12.4. The number of hydrogen-bond donors (Lipinski definition) is 2. The molecular formula is C20H16ClNO2. The topological polar surface area (TPSA) is 49.3 Å². The van der Waals surface area contributed by atoms with E-state index >= 15 is 0 Å². The Bertz CT molecular complexity index is 835. The fourth-order valence-corrected chi connectivity index (χ4v) is 2.65. The Kier molecular flexibility index (Phi) is 4.94. The van der Waals surface area contributed by atoms with E-state index in [1.54, 1.807) is 42.5 Å². The number of anilines is 1. The highest BCUT2D eigenvalue weighted by Gasteiger charge is 2.17. The summed E-state index contributed by atoms with van der Waals surface area (Å²) in [5.41, 5.74) is 2.37. The van der Waals surface area contributed by atoms with Crippen LogP contribution in [0.5, 0.6) is 0 Å². The minimum Gasteiger partial charge on any atom is -0.384 e. The number of benzene rings is 3. The van der Waals surface area contributed by atoms with Crippen molar-refractivity contribution >= 4 is 23.2 Å². The number of halogens is 1. The lowest BCUT2D eigenvalue weighted by Gasteiger charge is -2.17. The summed E-state index contributed by atoms with van der Waals surface area (Å²) in [6.45, 7) is 0. The minimum atomic E-state index is -0.879. The van der Waals surface area contributed by atoms with Crippen molar-refractivity contribution in [3.63, 3.8) is 0 Å². The molecule has 2 N–H and O–H groups in total. The van der Waals surface area contributed by atoms with Crippen LogP contribution in [0.15, 0.2) is 78.9 Å². The summed E-state index contributed by atoms with van der Waals surface area (Å²) < 4.78 is 0. The molecule has 3 aromatic rings. The van der Waals surface area contributed by atoms with Crippen LogP contribution in [-0.4, -0.2) is 11.0 Å². The van der Waals surface area contributed by atoms with Crippen LogP contribution in [0.4, 0.5) is 5.69 Å². The first-order chi connectivity index (χ1) is 11.6. The van der Waals surface area contributed by atoms with Gasteiger partial charge in [0.15, 0.2) is 0 Å². The van der Waals surface area contributed by atoms with E-state index in [2.05, 4.69) is 5.32 Å².